The highest BCUT2D eigenvalue weighted by Crippen LogP contribution is 2.34. The summed E-state index contributed by atoms with van der Waals surface area (Å²) in [6.07, 6.45) is -1.93. The van der Waals surface area contributed by atoms with E-state index in [1.807, 2.05) is 0 Å². The molecule has 16 heavy (non-hydrogen) atoms. The van der Waals surface area contributed by atoms with Gasteiger partial charge in [0.25, 0.3) is 0 Å². The first kappa shape index (κ1) is 12.1. The highest BCUT2D eigenvalue weighted by molar-refractivity contribution is 5.56. The molecule has 0 heterocycles. The average molecular weight is 227 g/mol. The summed E-state index contributed by atoms with van der Waals surface area (Å²) in [5, 5.41) is 17.3. The molecule has 0 aliphatic heterocycles. The monoisotopic (exact) mass is 227 g/mol. The number of nitrogens with zero attached hydrogens (tertiary/aromatic N) is 1. The number of phenols is 1. The van der Waals surface area contributed by atoms with Gasteiger partial charge in [0.1, 0.15) is 5.75 Å². The van der Waals surface area contributed by atoms with E-state index < -0.39 is 17.5 Å². The summed E-state index contributed by atoms with van der Waals surface area (Å²) in [5.41, 5.74) is -0.984. The first-order valence-corrected chi connectivity index (χ1v) is 4.39. The lowest BCUT2D eigenvalue weighted by atomic mass is 10.1. The minimum absolute atomic E-state index is 0.0399. The van der Waals surface area contributed by atoms with Crippen LogP contribution in [0.25, 0.3) is 6.08 Å². The minimum atomic E-state index is -4.52. The van der Waals surface area contributed by atoms with Crippen molar-refractivity contribution in [3.05, 3.63) is 35.4 Å². The average Bonchev–Trinajstić information content (AvgIpc) is 2.19. The highest BCUT2D eigenvalue weighted by atomic mass is 19.4. The van der Waals surface area contributed by atoms with E-state index in [9.17, 15) is 13.2 Å². The van der Waals surface area contributed by atoms with Crippen molar-refractivity contribution in [2.24, 2.45) is 0 Å². The number of halogens is 3. The Morgan fingerprint density at radius 2 is 2.06 bits per heavy atom. The van der Waals surface area contributed by atoms with Crippen LogP contribution in [0.15, 0.2) is 24.3 Å². The first-order valence-electron chi connectivity index (χ1n) is 4.39. The third-order valence-electron chi connectivity index (χ3n) is 1.85. The lowest BCUT2D eigenvalue weighted by Gasteiger charge is -2.10. The van der Waals surface area contributed by atoms with Crippen LogP contribution in [0.5, 0.6) is 5.75 Å². The Hall–Kier alpha value is -1.96. The van der Waals surface area contributed by atoms with Gasteiger partial charge in [-0.3, -0.25) is 0 Å². The zero-order valence-electron chi connectivity index (χ0n) is 8.12. The molecule has 2 nitrogen and oxygen atoms in total. The van der Waals surface area contributed by atoms with E-state index in [1.54, 1.807) is 6.07 Å². The molecule has 0 aromatic heterocycles. The highest BCUT2D eigenvalue weighted by Gasteiger charge is 2.33. The largest absolute Gasteiger partial charge is 0.508 e. The number of hydrogen-bond donors (Lipinski definition) is 1. The van der Waals surface area contributed by atoms with E-state index in [1.165, 1.54) is 18.2 Å². The van der Waals surface area contributed by atoms with E-state index in [-0.39, 0.29) is 12.0 Å². The standard InChI is InChI=1S/C11H8F3NO/c12-11(13,14)10-7-9(16)5-4-8(10)3-1-2-6-15/h1,3-5,7,16H,2H2. The van der Waals surface area contributed by atoms with Crippen LogP contribution >= 0.6 is 0 Å². The number of nitriles is 1. The van der Waals surface area contributed by atoms with Crippen molar-refractivity contribution in [1.82, 2.24) is 0 Å². The third-order valence-corrected chi connectivity index (χ3v) is 1.85. The molecule has 0 amide bonds. The normalized spacial score (nSPS) is 11.6. The van der Waals surface area contributed by atoms with Gasteiger partial charge in [0.05, 0.1) is 18.1 Å². The molecule has 0 saturated carbocycles. The van der Waals surface area contributed by atoms with E-state index in [0.717, 1.165) is 6.07 Å². The fourth-order valence-electron chi connectivity index (χ4n) is 1.17. The Morgan fingerprint density at radius 1 is 1.38 bits per heavy atom. The SMILES string of the molecule is N#CCC=Cc1ccc(O)cc1C(F)(F)F. The Bertz CT molecular complexity index is 444. The van der Waals surface area contributed by atoms with Crippen LogP contribution in [-0.2, 0) is 6.18 Å². The molecule has 0 radical (unpaired) electrons. The second kappa shape index (κ2) is 4.71. The van der Waals surface area contributed by atoms with Crippen molar-refractivity contribution in [2.75, 3.05) is 0 Å². The topological polar surface area (TPSA) is 44.0 Å². The number of aromatic hydroxyl groups is 1. The van der Waals surface area contributed by atoms with E-state index in [0.29, 0.717) is 6.07 Å². The summed E-state index contributed by atoms with van der Waals surface area (Å²) in [7, 11) is 0. The maximum absolute atomic E-state index is 12.5. The minimum Gasteiger partial charge on any atom is -0.508 e. The van der Waals surface area contributed by atoms with Crippen LogP contribution in [0.1, 0.15) is 17.5 Å². The fraction of sp³-hybridized carbons (Fsp3) is 0.182. The predicted octanol–water partition coefficient (Wildman–Crippen LogP) is 3.34. The number of allylic oxidation sites excluding steroid dienone is 1. The van der Waals surface area contributed by atoms with Gasteiger partial charge in [-0.2, -0.15) is 18.4 Å². The Kier molecular flexibility index (Phi) is 3.56. The van der Waals surface area contributed by atoms with E-state index in [2.05, 4.69) is 0 Å². The molecule has 84 valence electrons. The van der Waals surface area contributed by atoms with Crippen LogP contribution in [0.2, 0.25) is 0 Å². The smallest absolute Gasteiger partial charge is 0.417 e. The molecule has 1 N–H and O–H groups in total. The molecule has 0 aliphatic carbocycles. The Labute approximate surface area is 90.2 Å². The number of rotatable bonds is 2. The van der Waals surface area contributed by atoms with Gasteiger partial charge in [-0.25, -0.2) is 0 Å². The van der Waals surface area contributed by atoms with E-state index in [4.69, 9.17) is 10.4 Å². The Morgan fingerprint density at radius 3 is 2.62 bits per heavy atom. The number of phenolic OH excluding ortho intramolecular Hbond substituents is 1. The lowest BCUT2D eigenvalue weighted by molar-refractivity contribution is -0.137. The third kappa shape index (κ3) is 3.02. The number of alkyl halides is 3. The molecule has 1 aromatic rings. The molecule has 0 spiro atoms. The van der Waals surface area contributed by atoms with Crippen LogP contribution < -0.4 is 0 Å². The number of hydrogen-bond acceptors (Lipinski definition) is 2. The van der Waals surface area contributed by atoms with Crippen LogP contribution in [0.3, 0.4) is 0 Å². The molecule has 0 unspecified atom stereocenters. The van der Waals surface area contributed by atoms with Crippen molar-refractivity contribution in [3.8, 4) is 11.8 Å². The Balaban J connectivity index is 3.14. The van der Waals surface area contributed by atoms with Crippen molar-refractivity contribution in [1.29, 1.82) is 5.26 Å². The van der Waals surface area contributed by atoms with Crippen LogP contribution in [0, 0.1) is 11.3 Å². The van der Waals surface area contributed by atoms with Gasteiger partial charge in [-0.1, -0.05) is 18.2 Å². The summed E-state index contributed by atoms with van der Waals surface area (Å²) in [6, 6.07) is 4.78. The lowest BCUT2D eigenvalue weighted by Crippen LogP contribution is -2.06. The molecule has 0 atom stereocenters. The second-order valence-electron chi connectivity index (χ2n) is 3.03. The van der Waals surface area contributed by atoms with Gasteiger partial charge >= 0.3 is 6.18 Å². The maximum atomic E-state index is 12.5. The second-order valence-corrected chi connectivity index (χ2v) is 3.03. The summed E-state index contributed by atoms with van der Waals surface area (Å²) >= 11 is 0. The number of benzene rings is 1. The van der Waals surface area contributed by atoms with Gasteiger partial charge in [0, 0.05) is 0 Å². The van der Waals surface area contributed by atoms with Crippen LogP contribution in [0.4, 0.5) is 13.2 Å². The molecular weight excluding hydrogens is 219 g/mol. The summed E-state index contributed by atoms with van der Waals surface area (Å²) < 4.78 is 37.6. The van der Waals surface area contributed by atoms with Gasteiger partial charge in [0.2, 0.25) is 0 Å². The summed E-state index contributed by atoms with van der Waals surface area (Å²) in [5.74, 6) is -0.440. The predicted molar refractivity (Wildman–Crippen MR) is 52.4 cm³/mol. The first-order chi connectivity index (χ1) is 7.45. The van der Waals surface area contributed by atoms with Gasteiger partial charge < -0.3 is 5.11 Å². The summed E-state index contributed by atoms with van der Waals surface area (Å²) in [4.78, 5) is 0. The van der Waals surface area contributed by atoms with Crippen molar-refractivity contribution >= 4 is 6.08 Å². The molecule has 0 bridgehead atoms. The fourth-order valence-corrected chi connectivity index (χ4v) is 1.17. The summed E-state index contributed by atoms with van der Waals surface area (Å²) in [6.45, 7) is 0. The molecule has 5 heteroatoms. The molecule has 0 saturated heterocycles. The van der Waals surface area contributed by atoms with Crippen molar-refractivity contribution in [2.45, 2.75) is 12.6 Å². The zero-order chi connectivity index (χ0) is 12.2. The van der Waals surface area contributed by atoms with Crippen molar-refractivity contribution in [3.63, 3.8) is 0 Å². The van der Waals surface area contributed by atoms with Crippen LogP contribution in [-0.4, -0.2) is 5.11 Å². The van der Waals surface area contributed by atoms with Gasteiger partial charge in [-0.15, -0.1) is 0 Å². The van der Waals surface area contributed by atoms with Crippen molar-refractivity contribution < 1.29 is 18.3 Å². The van der Waals surface area contributed by atoms with E-state index >= 15 is 0 Å². The zero-order valence-corrected chi connectivity index (χ0v) is 8.12. The van der Waals surface area contributed by atoms with Gasteiger partial charge in [-0.05, 0) is 17.7 Å². The maximum Gasteiger partial charge on any atom is 0.417 e. The molecule has 0 fully saturated rings. The van der Waals surface area contributed by atoms with Gasteiger partial charge in [0.15, 0.2) is 0 Å². The molecule has 0 aliphatic rings. The molecular formula is C11H8F3NO. The quantitative estimate of drug-likeness (QED) is 0.842. The molecule has 1 rings (SSSR count). The molecule has 1 aromatic carbocycles.